The summed E-state index contributed by atoms with van der Waals surface area (Å²) < 4.78 is 70.8. The van der Waals surface area contributed by atoms with E-state index in [1.807, 2.05) is 0 Å². The van der Waals surface area contributed by atoms with Crippen molar-refractivity contribution in [1.29, 1.82) is 0 Å². The van der Waals surface area contributed by atoms with E-state index < -0.39 is 47.2 Å². The number of rotatable bonds is 15. The van der Waals surface area contributed by atoms with Crippen molar-refractivity contribution in [1.82, 2.24) is 0 Å². The third-order valence-corrected chi connectivity index (χ3v) is 4.91. The molecule has 1 aromatic carbocycles. The minimum Gasteiger partial charge on any atom is -0.461 e. The highest BCUT2D eigenvalue weighted by Gasteiger charge is 2.26. The van der Waals surface area contributed by atoms with Gasteiger partial charge < -0.3 is 4.74 Å². The smallest absolute Gasteiger partial charge is 0.306 e. The van der Waals surface area contributed by atoms with Gasteiger partial charge in [0.15, 0.2) is 23.3 Å². The summed E-state index contributed by atoms with van der Waals surface area (Å²) in [4.78, 5) is 11.6. The van der Waals surface area contributed by atoms with Crippen molar-refractivity contribution >= 4 is 5.97 Å². The average molecular weight is 422 g/mol. The molecule has 166 valence electrons. The Labute approximate surface area is 169 Å². The first kappa shape index (κ1) is 25.4. The Hall–Kier alpha value is -1.66. The fourth-order valence-electron chi connectivity index (χ4n) is 3.11. The Balaban J connectivity index is 2.13. The number of carbonyl (C=O) groups is 1. The number of hydrogen-bond donors (Lipinski definition) is 0. The van der Waals surface area contributed by atoms with E-state index in [0.717, 1.165) is 19.3 Å². The molecule has 0 aromatic heterocycles. The van der Waals surface area contributed by atoms with E-state index >= 15 is 0 Å². The van der Waals surface area contributed by atoms with Crippen molar-refractivity contribution in [2.24, 2.45) is 0 Å². The van der Waals surface area contributed by atoms with Gasteiger partial charge >= 0.3 is 5.97 Å². The van der Waals surface area contributed by atoms with E-state index in [0.29, 0.717) is 6.42 Å². The number of ether oxygens (including phenoxy) is 1. The van der Waals surface area contributed by atoms with Crippen LogP contribution in [-0.2, 0) is 16.1 Å². The van der Waals surface area contributed by atoms with Crippen molar-refractivity contribution in [3.05, 3.63) is 34.6 Å². The van der Waals surface area contributed by atoms with Gasteiger partial charge in [-0.15, -0.1) is 0 Å². The molecule has 0 radical (unpaired) electrons. The normalized spacial score (nSPS) is 11.1. The van der Waals surface area contributed by atoms with Crippen molar-refractivity contribution in [3.8, 4) is 0 Å². The van der Waals surface area contributed by atoms with Gasteiger partial charge in [-0.2, -0.15) is 0 Å². The summed E-state index contributed by atoms with van der Waals surface area (Å²) in [7, 11) is 0. The molecule has 0 fully saturated rings. The monoisotopic (exact) mass is 422 g/mol. The minimum absolute atomic E-state index is 0.0484. The molecule has 0 aliphatic heterocycles. The quantitative estimate of drug-likeness (QED) is 0.0961. The van der Waals surface area contributed by atoms with Crippen molar-refractivity contribution in [2.75, 3.05) is 0 Å². The summed E-state index contributed by atoms with van der Waals surface area (Å²) >= 11 is 0. The highest BCUT2D eigenvalue weighted by Crippen LogP contribution is 2.23. The Kier molecular flexibility index (Phi) is 12.6. The molecule has 0 amide bonds. The molecule has 0 aliphatic rings. The third kappa shape index (κ3) is 9.13. The van der Waals surface area contributed by atoms with Crippen LogP contribution in [0.3, 0.4) is 0 Å². The third-order valence-electron chi connectivity index (χ3n) is 4.91. The maximum Gasteiger partial charge on any atom is 0.306 e. The van der Waals surface area contributed by atoms with Gasteiger partial charge in [-0.05, 0) is 6.42 Å². The summed E-state index contributed by atoms with van der Waals surface area (Å²) in [5.41, 5.74) is -1.13. The lowest BCUT2D eigenvalue weighted by atomic mass is 10.0. The molecule has 0 N–H and O–H groups in total. The lowest BCUT2D eigenvalue weighted by molar-refractivity contribution is -0.145. The van der Waals surface area contributed by atoms with E-state index in [1.165, 1.54) is 51.4 Å². The molecule has 1 rings (SSSR count). The second-order valence-electron chi connectivity index (χ2n) is 7.35. The van der Waals surface area contributed by atoms with Gasteiger partial charge in [-0.25, -0.2) is 22.0 Å². The molecule has 0 saturated carbocycles. The number of benzene rings is 1. The zero-order valence-corrected chi connectivity index (χ0v) is 17.1. The van der Waals surface area contributed by atoms with Crippen LogP contribution in [0.25, 0.3) is 0 Å². The number of esters is 1. The molecule has 0 heterocycles. The summed E-state index contributed by atoms with van der Waals surface area (Å²) in [5.74, 6) is -11.0. The summed E-state index contributed by atoms with van der Waals surface area (Å²) in [6.07, 6.45) is 13.6. The standard InChI is InChI=1S/C22H31F5O2/c1-2-3-4-5-6-7-8-9-10-11-12-13-14-17(28)29-15-16-18(23)20(25)22(27)21(26)19(16)24/h2-15H2,1H3. The maximum absolute atomic E-state index is 13.5. The van der Waals surface area contributed by atoms with E-state index in [4.69, 9.17) is 0 Å². The molecule has 29 heavy (non-hydrogen) atoms. The lowest BCUT2D eigenvalue weighted by Crippen LogP contribution is -2.11. The molecule has 2 nitrogen and oxygen atoms in total. The second kappa shape index (κ2) is 14.3. The first-order valence-electron chi connectivity index (χ1n) is 10.6. The van der Waals surface area contributed by atoms with Crippen LogP contribution in [-0.4, -0.2) is 5.97 Å². The van der Waals surface area contributed by atoms with Crippen LogP contribution in [0, 0.1) is 29.1 Å². The molecule has 0 aliphatic carbocycles. The Morgan fingerprint density at radius 3 is 1.45 bits per heavy atom. The molecular weight excluding hydrogens is 391 g/mol. The molecule has 1 aromatic rings. The van der Waals surface area contributed by atoms with Gasteiger partial charge in [-0.1, -0.05) is 77.6 Å². The Morgan fingerprint density at radius 1 is 0.621 bits per heavy atom. The van der Waals surface area contributed by atoms with Crippen LogP contribution in [0.2, 0.25) is 0 Å². The molecule has 0 bridgehead atoms. The van der Waals surface area contributed by atoms with Crippen LogP contribution in [0.4, 0.5) is 22.0 Å². The summed E-state index contributed by atoms with van der Waals surface area (Å²) in [6.45, 7) is 1.22. The fraction of sp³-hybridized carbons (Fsp3) is 0.682. The van der Waals surface area contributed by atoms with Crippen LogP contribution in [0.1, 0.15) is 96.0 Å². The van der Waals surface area contributed by atoms with Gasteiger partial charge in [0.05, 0.1) is 5.56 Å². The largest absolute Gasteiger partial charge is 0.461 e. The van der Waals surface area contributed by atoms with E-state index in [1.54, 1.807) is 0 Å². The van der Waals surface area contributed by atoms with Crippen molar-refractivity contribution in [2.45, 2.75) is 97.0 Å². The number of carbonyl (C=O) groups excluding carboxylic acids is 1. The highest BCUT2D eigenvalue weighted by atomic mass is 19.2. The van der Waals surface area contributed by atoms with Crippen LogP contribution in [0.5, 0.6) is 0 Å². The van der Waals surface area contributed by atoms with Crippen molar-refractivity contribution in [3.63, 3.8) is 0 Å². The lowest BCUT2D eigenvalue weighted by Gasteiger charge is -2.09. The first-order chi connectivity index (χ1) is 13.9. The molecule has 0 unspecified atom stereocenters. The SMILES string of the molecule is CCCCCCCCCCCCCCC(=O)OCc1c(F)c(F)c(F)c(F)c1F. The maximum atomic E-state index is 13.5. The van der Waals surface area contributed by atoms with E-state index in [9.17, 15) is 26.7 Å². The number of halogens is 5. The predicted molar refractivity (Wildman–Crippen MR) is 102 cm³/mol. The van der Waals surface area contributed by atoms with E-state index in [2.05, 4.69) is 11.7 Å². The molecular formula is C22H31F5O2. The first-order valence-corrected chi connectivity index (χ1v) is 10.6. The van der Waals surface area contributed by atoms with E-state index in [-0.39, 0.29) is 6.42 Å². The molecule has 0 spiro atoms. The van der Waals surface area contributed by atoms with Gasteiger partial charge in [0.2, 0.25) is 5.82 Å². The predicted octanol–water partition coefficient (Wildman–Crippen LogP) is 7.52. The fourth-order valence-corrected chi connectivity index (χ4v) is 3.11. The highest BCUT2D eigenvalue weighted by molar-refractivity contribution is 5.69. The van der Waals surface area contributed by atoms with Gasteiger partial charge in [-0.3, -0.25) is 4.79 Å². The number of hydrogen-bond acceptors (Lipinski definition) is 2. The summed E-state index contributed by atoms with van der Waals surface area (Å²) in [5, 5.41) is 0. The Morgan fingerprint density at radius 2 is 1.00 bits per heavy atom. The number of unbranched alkanes of at least 4 members (excludes halogenated alkanes) is 11. The second-order valence-corrected chi connectivity index (χ2v) is 7.35. The summed E-state index contributed by atoms with van der Waals surface area (Å²) in [6, 6.07) is 0. The van der Waals surface area contributed by atoms with Crippen LogP contribution < -0.4 is 0 Å². The molecule has 0 saturated heterocycles. The van der Waals surface area contributed by atoms with Crippen molar-refractivity contribution < 1.29 is 31.5 Å². The zero-order chi connectivity index (χ0) is 21.6. The van der Waals surface area contributed by atoms with Gasteiger partial charge in [0.1, 0.15) is 6.61 Å². The average Bonchev–Trinajstić information content (AvgIpc) is 2.71. The van der Waals surface area contributed by atoms with Gasteiger partial charge in [0, 0.05) is 6.42 Å². The topological polar surface area (TPSA) is 26.3 Å². The zero-order valence-electron chi connectivity index (χ0n) is 17.1. The minimum atomic E-state index is -2.23. The van der Waals surface area contributed by atoms with Crippen LogP contribution >= 0.6 is 0 Å². The molecule has 7 heteroatoms. The van der Waals surface area contributed by atoms with Crippen LogP contribution in [0.15, 0.2) is 0 Å². The Bertz CT molecular complexity index is 605. The van der Waals surface area contributed by atoms with Gasteiger partial charge in [0.25, 0.3) is 0 Å². The molecule has 0 atom stereocenters.